The summed E-state index contributed by atoms with van der Waals surface area (Å²) in [6.45, 7) is 4.62. The highest BCUT2D eigenvalue weighted by molar-refractivity contribution is 7.17. The third-order valence-electron chi connectivity index (χ3n) is 3.52. The molecule has 100 valence electrons. The highest BCUT2D eigenvalue weighted by Gasteiger charge is 2.33. The van der Waals surface area contributed by atoms with E-state index in [0.717, 1.165) is 34.6 Å². The van der Waals surface area contributed by atoms with Gasteiger partial charge < -0.3 is 10.0 Å². The minimum Gasteiger partial charge on any atom is -0.480 e. The lowest BCUT2D eigenvalue weighted by Crippen LogP contribution is -2.36. The van der Waals surface area contributed by atoms with E-state index < -0.39 is 12.0 Å². The molecule has 0 aliphatic carbocycles. The molecule has 1 fully saturated rings. The Morgan fingerprint density at radius 3 is 3.00 bits per heavy atom. The predicted molar refractivity (Wildman–Crippen MR) is 74.9 cm³/mol. The lowest BCUT2D eigenvalue weighted by atomic mass is 10.2. The van der Waals surface area contributed by atoms with Gasteiger partial charge in [-0.1, -0.05) is 0 Å². The van der Waals surface area contributed by atoms with Gasteiger partial charge in [0, 0.05) is 6.54 Å². The molecule has 0 aromatic carbocycles. The van der Waals surface area contributed by atoms with Gasteiger partial charge in [-0.05, 0) is 37.6 Å². The Balaban J connectivity index is 2.18. The lowest BCUT2D eigenvalue weighted by Gasteiger charge is -2.23. The zero-order valence-corrected chi connectivity index (χ0v) is 11.7. The number of aryl methyl sites for hydroxylation is 2. The molecule has 6 heteroatoms. The quantitative estimate of drug-likeness (QED) is 0.912. The molecule has 0 radical (unpaired) electrons. The molecule has 0 saturated carbocycles. The van der Waals surface area contributed by atoms with Crippen molar-refractivity contribution < 1.29 is 9.90 Å². The van der Waals surface area contributed by atoms with Crippen molar-refractivity contribution in [3.63, 3.8) is 0 Å². The molecule has 19 heavy (non-hydrogen) atoms. The first-order valence-corrected chi connectivity index (χ1v) is 7.18. The number of hydrogen-bond donors (Lipinski definition) is 1. The summed E-state index contributed by atoms with van der Waals surface area (Å²) < 4.78 is 0. The maximum absolute atomic E-state index is 11.3. The molecule has 1 aliphatic heterocycles. The van der Waals surface area contributed by atoms with E-state index in [1.54, 1.807) is 11.3 Å². The summed E-state index contributed by atoms with van der Waals surface area (Å²) in [6.07, 6.45) is 1.58. The zero-order chi connectivity index (χ0) is 13.6. The lowest BCUT2D eigenvalue weighted by molar-refractivity contribution is -0.138. The Bertz CT molecular complexity index is 653. The van der Waals surface area contributed by atoms with E-state index in [1.165, 1.54) is 0 Å². The van der Waals surface area contributed by atoms with E-state index >= 15 is 0 Å². The molecule has 1 saturated heterocycles. The Hall–Kier alpha value is -1.69. The highest BCUT2D eigenvalue weighted by atomic mass is 32.1. The van der Waals surface area contributed by atoms with Gasteiger partial charge in [-0.25, -0.2) is 14.8 Å². The number of nitrogens with zero attached hydrogens (tertiary/aromatic N) is 3. The predicted octanol–water partition coefficient (Wildman–Crippen LogP) is 2.36. The van der Waals surface area contributed by atoms with Crippen LogP contribution in [0.1, 0.15) is 24.2 Å². The van der Waals surface area contributed by atoms with Crippen LogP contribution in [0, 0.1) is 13.8 Å². The van der Waals surface area contributed by atoms with Crippen molar-refractivity contribution in [3.8, 4) is 0 Å². The number of carboxylic acid groups (broad SMARTS) is 1. The molecule has 2 aromatic heterocycles. The van der Waals surface area contributed by atoms with Gasteiger partial charge in [-0.2, -0.15) is 0 Å². The van der Waals surface area contributed by atoms with Crippen LogP contribution in [0.15, 0.2) is 5.38 Å². The van der Waals surface area contributed by atoms with Crippen LogP contribution >= 0.6 is 11.3 Å². The summed E-state index contributed by atoms with van der Waals surface area (Å²) in [6, 6.07) is -0.461. The first-order valence-electron chi connectivity index (χ1n) is 6.30. The van der Waals surface area contributed by atoms with Crippen molar-refractivity contribution in [1.29, 1.82) is 0 Å². The SMILES string of the molecule is Cc1nc(N2CCC[C@H]2C(=O)O)c2c(C)csc2n1. The maximum atomic E-state index is 11.3. The fourth-order valence-electron chi connectivity index (χ4n) is 2.65. The van der Waals surface area contributed by atoms with Gasteiger partial charge in [0.1, 0.15) is 22.5 Å². The number of fused-ring (bicyclic) bond motifs is 1. The Morgan fingerprint density at radius 1 is 1.47 bits per heavy atom. The smallest absolute Gasteiger partial charge is 0.326 e. The first kappa shape index (κ1) is 12.3. The van der Waals surface area contributed by atoms with E-state index in [9.17, 15) is 9.90 Å². The molecule has 1 aliphatic rings. The van der Waals surface area contributed by atoms with Gasteiger partial charge in [0.2, 0.25) is 0 Å². The summed E-state index contributed by atoms with van der Waals surface area (Å²) in [5.74, 6) is 0.710. The van der Waals surface area contributed by atoms with Crippen molar-refractivity contribution in [1.82, 2.24) is 9.97 Å². The Kier molecular flexibility index (Phi) is 2.89. The minimum atomic E-state index is -0.769. The molecule has 0 unspecified atom stereocenters. The molecular weight excluding hydrogens is 262 g/mol. The third kappa shape index (κ3) is 1.96. The molecule has 3 heterocycles. The Labute approximate surface area is 114 Å². The van der Waals surface area contributed by atoms with Crippen molar-refractivity contribution in [2.75, 3.05) is 11.4 Å². The average molecular weight is 277 g/mol. The topological polar surface area (TPSA) is 66.3 Å². The molecule has 0 spiro atoms. The van der Waals surface area contributed by atoms with Gasteiger partial charge >= 0.3 is 5.97 Å². The van der Waals surface area contributed by atoms with Crippen molar-refractivity contribution in [3.05, 3.63) is 16.8 Å². The molecule has 3 rings (SSSR count). The van der Waals surface area contributed by atoms with Crippen LogP contribution in [-0.4, -0.2) is 33.6 Å². The van der Waals surface area contributed by atoms with Crippen LogP contribution in [0.2, 0.25) is 0 Å². The van der Waals surface area contributed by atoms with E-state index in [-0.39, 0.29) is 0 Å². The van der Waals surface area contributed by atoms with Gasteiger partial charge in [0.05, 0.1) is 5.39 Å². The standard InChI is InChI=1S/C13H15N3O2S/c1-7-6-19-12-10(7)11(14-8(2)15-12)16-5-3-4-9(16)13(17)18/h6,9H,3-5H2,1-2H3,(H,17,18)/t9-/m0/s1. The number of carbonyl (C=O) groups is 1. The summed E-state index contributed by atoms with van der Waals surface area (Å²) in [4.78, 5) is 23.1. The fourth-order valence-corrected chi connectivity index (χ4v) is 3.61. The summed E-state index contributed by atoms with van der Waals surface area (Å²) in [5, 5.41) is 12.4. The number of carboxylic acids is 1. The van der Waals surface area contributed by atoms with E-state index in [4.69, 9.17) is 0 Å². The number of anilines is 1. The average Bonchev–Trinajstić information content (AvgIpc) is 2.95. The van der Waals surface area contributed by atoms with Crippen molar-refractivity contribution in [2.45, 2.75) is 32.7 Å². The molecule has 5 nitrogen and oxygen atoms in total. The minimum absolute atomic E-state index is 0.461. The zero-order valence-electron chi connectivity index (χ0n) is 10.9. The summed E-state index contributed by atoms with van der Waals surface area (Å²) in [5.41, 5.74) is 1.12. The Morgan fingerprint density at radius 2 is 2.26 bits per heavy atom. The normalized spacial score (nSPS) is 19.3. The highest BCUT2D eigenvalue weighted by Crippen LogP contribution is 2.35. The van der Waals surface area contributed by atoms with Crippen LogP contribution in [-0.2, 0) is 4.79 Å². The number of hydrogen-bond acceptors (Lipinski definition) is 5. The van der Waals surface area contributed by atoms with Crippen LogP contribution < -0.4 is 4.90 Å². The van der Waals surface area contributed by atoms with Gasteiger partial charge in [-0.15, -0.1) is 11.3 Å². The molecule has 1 atom stereocenters. The van der Waals surface area contributed by atoms with Crippen LogP contribution in [0.3, 0.4) is 0 Å². The number of thiophene rings is 1. The second-order valence-electron chi connectivity index (χ2n) is 4.88. The number of aliphatic carboxylic acids is 1. The maximum Gasteiger partial charge on any atom is 0.326 e. The number of aromatic nitrogens is 2. The van der Waals surface area contributed by atoms with Gasteiger partial charge in [0.25, 0.3) is 0 Å². The van der Waals surface area contributed by atoms with E-state index in [0.29, 0.717) is 12.2 Å². The monoisotopic (exact) mass is 277 g/mol. The second kappa shape index (κ2) is 4.45. The second-order valence-corrected chi connectivity index (χ2v) is 5.74. The molecule has 1 N–H and O–H groups in total. The number of rotatable bonds is 2. The third-order valence-corrected chi connectivity index (χ3v) is 4.51. The molecule has 0 bridgehead atoms. The first-order chi connectivity index (χ1) is 9.08. The van der Waals surface area contributed by atoms with Crippen molar-refractivity contribution >= 4 is 33.3 Å². The fraction of sp³-hybridized carbons (Fsp3) is 0.462. The molecular formula is C13H15N3O2S. The summed E-state index contributed by atoms with van der Waals surface area (Å²) in [7, 11) is 0. The largest absolute Gasteiger partial charge is 0.480 e. The van der Waals surface area contributed by atoms with Gasteiger partial charge in [-0.3, -0.25) is 0 Å². The van der Waals surface area contributed by atoms with Crippen LogP contribution in [0.4, 0.5) is 5.82 Å². The van der Waals surface area contributed by atoms with Crippen LogP contribution in [0.25, 0.3) is 10.2 Å². The summed E-state index contributed by atoms with van der Waals surface area (Å²) >= 11 is 1.59. The van der Waals surface area contributed by atoms with E-state index in [1.807, 2.05) is 24.1 Å². The van der Waals surface area contributed by atoms with Crippen LogP contribution in [0.5, 0.6) is 0 Å². The van der Waals surface area contributed by atoms with Gasteiger partial charge in [0.15, 0.2) is 0 Å². The van der Waals surface area contributed by atoms with E-state index in [2.05, 4.69) is 9.97 Å². The molecule has 2 aromatic rings. The molecule has 0 amide bonds. The van der Waals surface area contributed by atoms with Crippen molar-refractivity contribution in [2.24, 2.45) is 0 Å².